The van der Waals surface area contributed by atoms with Crippen molar-refractivity contribution in [3.63, 3.8) is 0 Å². The third-order valence-electron chi connectivity index (χ3n) is 5.06. The van der Waals surface area contributed by atoms with Gasteiger partial charge in [0.25, 0.3) is 0 Å². The first-order chi connectivity index (χ1) is 17.3. The smallest absolute Gasteiger partial charge is 0.335 e. The highest BCUT2D eigenvalue weighted by Gasteiger charge is 2.11. The summed E-state index contributed by atoms with van der Waals surface area (Å²) in [5.41, 5.74) is 0.507. The lowest BCUT2D eigenvalue weighted by Crippen LogP contribution is -2.50. The van der Waals surface area contributed by atoms with Gasteiger partial charge in [-0.15, -0.1) is 0 Å². The monoisotopic (exact) mass is 508 g/mol. The van der Waals surface area contributed by atoms with Crippen LogP contribution in [0.2, 0.25) is 5.02 Å². The first-order valence-corrected chi connectivity index (χ1v) is 11.2. The summed E-state index contributed by atoms with van der Waals surface area (Å²) < 4.78 is 7.81. The van der Waals surface area contributed by atoms with Crippen LogP contribution in [0.3, 0.4) is 0 Å². The topological polar surface area (TPSA) is 144 Å². The molecule has 0 aliphatic carbocycles. The summed E-state index contributed by atoms with van der Waals surface area (Å²) in [5, 5.41) is 9.52. The zero-order chi connectivity index (χ0) is 25.7. The number of rotatable bonds is 8. The fourth-order valence-corrected chi connectivity index (χ4v) is 3.41. The van der Waals surface area contributed by atoms with Crippen LogP contribution in [-0.4, -0.2) is 35.2 Å². The van der Waals surface area contributed by atoms with E-state index < -0.39 is 17.3 Å². The van der Waals surface area contributed by atoms with Crippen LogP contribution in [0.25, 0.3) is 0 Å². The van der Waals surface area contributed by atoms with Crippen molar-refractivity contribution >= 4 is 23.3 Å². The number of benzene rings is 2. The number of aromatic nitrogens is 5. The maximum Gasteiger partial charge on any atom is 0.335 e. The molecule has 0 saturated heterocycles. The van der Waals surface area contributed by atoms with Crippen molar-refractivity contribution in [3.05, 3.63) is 104 Å². The molecule has 0 atom stereocenters. The normalized spacial score (nSPS) is 11.4. The van der Waals surface area contributed by atoms with Crippen LogP contribution in [-0.2, 0) is 17.9 Å². The summed E-state index contributed by atoms with van der Waals surface area (Å²) in [6.45, 7) is 1.62. The second-order valence-electron chi connectivity index (χ2n) is 7.75. The van der Waals surface area contributed by atoms with Gasteiger partial charge in [-0.2, -0.15) is 0 Å². The van der Waals surface area contributed by atoms with Crippen LogP contribution >= 0.6 is 11.6 Å². The Labute approximate surface area is 209 Å². The molecule has 0 spiro atoms. The molecule has 4 aromatic rings. The van der Waals surface area contributed by atoms with Gasteiger partial charge in [-0.3, -0.25) is 14.3 Å². The molecule has 2 aromatic carbocycles. The Morgan fingerprint density at radius 1 is 1.08 bits per heavy atom. The fourth-order valence-electron chi connectivity index (χ4n) is 3.28. The van der Waals surface area contributed by atoms with Crippen molar-refractivity contribution in [3.8, 4) is 11.6 Å². The third-order valence-corrected chi connectivity index (χ3v) is 5.31. The van der Waals surface area contributed by atoms with Crippen LogP contribution in [0.5, 0.6) is 11.6 Å². The lowest BCUT2D eigenvalue weighted by atomic mass is 10.2. The molecule has 2 heterocycles. The number of halogens is 1. The molecule has 0 unspecified atom stereocenters. The second kappa shape index (κ2) is 10.8. The maximum atomic E-state index is 13.2. The minimum absolute atomic E-state index is 0.00613. The number of nitrogens with one attached hydrogen (secondary N) is 1. The van der Waals surface area contributed by atoms with Crippen molar-refractivity contribution in [2.75, 3.05) is 0 Å². The van der Waals surface area contributed by atoms with E-state index in [1.165, 1.54) is 10.9 Å². The van der Waals surface area contributed by atoms with E-state index in [2.05, 4.69) is 19.9 Å². The molecule has 11 nitrogen and oxygen atoms in total. The zero-order valence-electron chi connectivity index (χ0n) is 19.1. The number of hydrogen-bond acceptors (Lipinski definition) is 7. The number of carboxylic acids is 1. The van der Waals surface area contributed by atoms with Crippen molar-refractivity contribution < 1.29 is 14.6 Å². The second-order valence-corrected chi connectivity index (χ2v) is 8.19. The van der Waals surface area contributed by atoms with Crippen molar-refractivity contribution in [2.45, 2.75) is 26.4 Å². The van der Waals surface area contributed by atoms with E-state index in [4.69, 9.17) is 21.4 Å². The highest BCUT2D eigenvalue weighted by atomic mass is 35.5. The number of aliphatic carboxylic acids is 1. The number of carbonyl (C=O) groups is 1. The van der Waals surface area contributed by atoms with Gasteiger partial charge in [-0.05, 0) is 48.9 Å². The summed E-state index contributed by atoms with van der Waals surface area (Å²) in [4.78, 5) is 51.9. The van der Waals surface area contributed by atoms with E-state index in [0.717, 1.165) is 15.8 Å². The Balaban J connectivity index is 1.72. The van der Waals surface area contributed by atoms with Crippen LogP contribution in [0, 0.1) is 6.92 Å². The van der Waals surface area contributed by atoms with Crippen molar-refractivity contribution in [1.29, 1.82) is 0 Å². The predicted molar refractivity (Wildman–Crippen MR) is 131 cm³/mol. The van der Waals surface area contributed by atoms with Crippen LogP contribution in [0.1, 0.15) is 17.7 Å². The molecular formula is C24H21ClN6O5. The lowest BCUT2D eigenvalue weighted by molar-refractivity contribution is -0.137. The van der Waals surface area contributed by atoms with Crippen LogP contribution < -0.4 is 21.7 Å². The first-order valence-electron chi connectivity index (χ1n) is 10.8. The molecule has 0 aliphatic heterocycles. The fraction of sp³-hybridized carbons (Fsp3) is 0.167. The molecule has 0 bridgehead atoms. The number of nitrogens with zero attached hydrogens (tertiary/aromatic N) is 5. The Hall–Kier alpha value is -4.51. The standard InChI is InChI=1S/C24H21ClN6O5/c1-15-12-20(27-14-26-15)36-19-8-6-18(7-9-19)28-22-29-23(34)30(11-10-21(32)33)24(35)31(22)13-16-2-4-17(25)5-3-16/h2-9,12,14H,10-11,13H2,1H3,(H,32,33)(H,28,29,34). The number of carboxylic acid groups (broad SMARTS) is 1. The van der Waals surface area contributed by atoms with E-state index in [1.54, 1.807) is 54.6 Å². The van der Waals surface area contributed by atoms with Gasteiger partial charge >= 0.3 is 17.3 Å². The van der Waals surface area contributed by atoms with Gasteiger partial charge in [-0.1, -0.05) is 23.7 Å². The van der Waals surface area contributed by atoms with Gasteiger partial charge < -0.3 is 9.84 Å². The Bertz CT molecular complexity index is 1570. The Morgan fingerprint density at radius 2 is 1.81 bits per heavy atom. The minimum atomic E-state index is -1.13. The van der Waals surface area contributed by atoms with Crippen molar-refractivity contribution in [2.24, 2.45) is 4.99 Å². The Kier molecular flexibility index (Phi) is 7.40. The number of ether oxygens (including phenoxy) is 1. The van der Waals surface area contributed by atoms with Gasteiger partial charge in [0.05, 0.1) is 18.7 Å². The first kappa shape index (κ1) is 24.6. The molecule has 0 amide bonds. The van der Waals surface area contributed by atoms with E-state index in [-0.39, 0.29) is 25.1 Å². The number of aromatic amines is 1. The van der Waals surface area contributed by atoms with Gasteiger partial charge in [0.2, 0.25) is 11.5 Å². The molecule has 0 radical (unpaired) electrons. The van der Waals surface area contributed by atoms with E-state index in [1.807, 2.05) is 6.92 Å². The molecule has 4 rings (SSSR count). The molecular weight excluding hydrogens is 488 g/mol. The summed E-state index contributed by atoms with van der Waals surface area (Å²) in [5.74, 6) is -0.222. The largest absolute Gasteiger partial charge is 0.481 e. The minimum Gasteiger partial charge on any atom is -0.481 e. The summed E-state index contributed by atoms with van der Waals surface area (Å²) >= 11 is 5.96. The number of H-pyrrole nitrogens is 1. The molecule has 184 valence electrons. The molecule has 2 aromatic heterocycles. The zero-order valence-corrected chi connectivity index (χ0v) is 19.8. The van der Waals surface area contributed by atoms with Crippen LogP contribution in [0.15, 0.2) is 75.5 Å². The molecule has 2 N–H and O–H groups in total. The van der Waals surface area contributed by atoms with Crippen LogP contribution in [0.4, 0.5) is 5.69 Å². The van der Waals surface area contributed by atoms with E-state index >= 15 is 0 Å². The van der Waals surface area contributed by atoms with Gasteiger partial charge in [0.1, 0.15) is 12.1 Å². The number of aryl methyl sites for hydroxylation is 1. The molecule has 0 saturated carbocycles. The van der Waals surface area contributed by atoms with Gasteiger partial charge in [0, 0.05) is 23.3 Å². The van der Waals surface area contributed by atoms with E-state index in [0.29, 0.717) is 22.3 Å². The highest BCUT2D eigenvalue weighted by Crippen LogP contribution is 2.22. The predicted octanol–water partition coefficient (Wildman–Crippen LogP) is 2.64. The SMILES string of the molecule is Cc1cc(Oc2ccc(/N=c3\[nH]c(=O)n(CCC(=O)O)c(=O)n3Cc3ccc(Cl)cc3)cc2)ncn1. The quantitative estimate of drug-likeness (QED) is 0.372. The molecule has 0 aliphatic rings. The average Bonchev–Trinajstić information content (AvgIpc) is 2.83. The van der Waals surface area contributed by atoms with Gasteiger partial charge in [0.15, 0.2) is 0 Å². The van der Waals surface area contributed by atoms with E-state index in [9.17, 15) is 14.4 Å². The maximum absolute atomic E-state index is 13.2. The lowest BCUT2D eigenvalue weighted by Gasteiger charge is -2.11. The Morgan fingerprint density at radius 3 is 2.47 bits per heavy atom. The molecule has 12 heteroatoms. The van der Waals surface area contributed by atoms with Crippen molar-refractivity contribution in [1.82, 2.24) is 24.1 Å². The van der Waals surface area contributed by atoms with Gasteiger partial charge in [-0.25, -0.2) is 29.1 Å². The summed E-state index contributed by atoms with van der Waals surface area (Å²) in [6, 6.07) is 15.2. The molecule has 36 heavy (non-hydrogen) atoms. The average molecular weight is 509 g/mol. The summed E-state index contributed by atoms with van der Waals surface area (Å²) in [6.07, 6.45) is 1.02. The number of hydrogen-bond donors (Lipinski definition) is 2. The third kappa shape index (κ3) is 6.13. The summed E-state index contributed by atoms with van der Waals surface area (Å²) in [7, 11) is 0. The highest BCUT2D eigenvalue weighted by molar-refractivity contribution is 6.30. The molecule has 0 fully saturated rings.